The van der Waals surface area contributed by atoms with E-state index in [1.54, 1.807) is 0 Å². The Morgan fingerprint density at radius 2 is 1.85 bits per heavy atom. The smallest absolute Gasteiger partial charge is 0.237 e. The SMILES string of the molecule is CCCCCCOCCCCC(C)(NC1CC1)C(N)=O. The quantitative estimate of drug-likeness (QED) is 0.511. The van der Waals surface area contributed by atoms with Gasteiger partial charge >= 0.3 is 0 Å². The molecule has 0 aromatic heterocycles. The van der Waals surface area contributed by atoms with Crippen LogP contribution in [0, 0.1) is 0 Å². The maximum atomic E-state index is 11.6. The molecule has 1 fully saturated rings. The van der Waals surface area contributed by atoms with Gasteiger partial charge in [0, 0.05) is 19.3 Å². The summed E-state index contributed by atoms with van der Waals surface area (Å²) >= 11 is 0. The molecule has 1 rings (SSSR count). The van der Waals surface area contributed by atoms with E-state index in [1.807, 2.05) is 6.92 Å². The van der Waals surface area contributed by atoms with Gasteiger partial charge in [-0.3, -0.25) is 4.79 Å². The molecule has 0 saturated heterocycles. The largest absolute Gasteiger partial charge is 0.381 e. The molecule has 4 nitrogen and oxygen atoms in total. The zero-order valence-electron chi connectivity index (χ0n) is 13.2. The number of hydrogen-bond donors (Lipinski definition) is 2. The van der Waals surface area contributed by atoms with E-state index < -0.39 is 5.54 Å². The summed E-state index contributed by atoms with van der Waals surface area (Å²) in [5.74, 6) is -0.232. The molecule has 0 aromatic carbocycles. The van der Waals surface area contributed by atoms with Crippen molar-refractivity contribution in [1.82, 2.24) is 5.32 Å². The maximum Gasteiger partial charge on any atom is 0.237 e. The molecule has 1 atom stereocenters. The third kappa shape index (κ3) is 7.25. The van der Waals surface area contributed by atoms with E-state index in [0.717, 1.165) is 38.9 Å². The van der Waals surface area contributed by atoms with Crippen LogP contribution in [0.3, 0.4) is 0 Å². The lowest BCUT2D eigenvalue weighted by Crippen LogP contribution is -2.53. The van der Waals surface area contributed by atoms with Crippen molar-refractivity contribution in [2.24, 2.45) is 5.73 Å². The van der Waals surface area contributed by atoms with Crippen molar-refractivity contribution in [2.75, 3.05) is 13.2 Å². The average molecular weight is 284 g/mol. The molecule has 0 heterocycles. The van der Waals surface area contributed by atoms with E-state index in [-0.39, 0.29) is 5.91 Å². The first kappa shape index (κ1) is 17.4. The number of hydrogen-bond acceptors (Lipinski definition) is 3. The zero-order chi connectivity index (χ0) is 14.8. The Labute approximate surface area is 123 Å². The molecule has 0 aromatic rings. The summed E-state index contributed by atoms with van der Waals surface area (Å²) < 4.78 is 5.61. The third-order valence-electron chi connectivity index (χ3n) is 4.00. The van der Waals surface area contributed by atoms with Crippen LogP contribution < -0.4 is 11.1 Å². The molecular weight excluding hydrogens is 252 g/mol. The van der Waals surface area contributed by atoms with Gasteiger partial charge in [0.25, 0.3) is 0 Å². The molecule has 1 saturated carbocycles. The van der Waals surface area contributed by atoms with Crippen LogP contribution in [0.5, 0.6) is 0 Å². The van der Waals surface area contributed by atoms with Crippen molar-refractivity contribution < 1.29 is 9.53 Å². The molecule has 1 aliphatic rings. The first-order chi connectivity index (χ1) is 9.58. The molecule has 1 aliphatic carbocycles. The maximum absolute atomic E-state index is 11.6. The second kappa shape index (κ2) is 9.35. The highest BCUT2D eigenvalue weighted by atomic mass is 16.5. The van der Waals surface area contributed by atoms with Gasteiger partial charge in [-0.1, -0.05) is 26.2 Å². The normalized spacial score (nSPS) is 17.9. The fourth-order valence-electron chi connectivity index (χ4n) is 2.36. The molecule has 4 heteroatoms. The molecule has 0 aliphatic heterocycles. The lowest BCUT2D eigenvalue weighted by atomic mass is 9.94. The van der Waals surface area contributed by atoms with Crippen molar-refractivity contribution in [2.45, 2.75) is 83.2 Å². The van der Waals surface area contributed by atoms with Gasteiger partial charge in [-0.05, 0) is 45.4 Å². The van der Waals surface area contributed by atoms with Gasteiger partial charge < -0.3 is 15.8 Å². The van der Waals surface area contributed by atoms with Crippen LogP contribution in [0.4, 0.5) is 0 Å². The van der Waals surface area contributed by atoms with Crippen LogP contribution in [0.25, 0.3) is 0 Å². The number of nitrogens with two attached hydrogens (primary N) is 1. The van der Waals surface area contributed by atoms with Crippen LogP contribution in [0.1, 0.15) is 71.6 Å². The van der Waals surface area contributed by atoms with Crippen LogP contribution in [0.15, 0.2) is 0 Å². The topological polar surface area (TPSA) is 64.3 Å². The first-order valence-electron chi connectivity index (χ1n) is 8.24. The lowest BCUT2D eigenvalue weighted by molar-refractivity contribution is -0.124. The van der Waals surface area contributed by atoms with Gasteiger partial charge in [0.1, 0.15) is 0 Å². The highest BCUT2D eigenvalue weighted by molar-refractivity contribution is 5.84. The van der Waals surface area contributed by atoms with Gasteiger partial charge in [0.15, 0.2) is 0 Å². The summed E-state index contributed by atoms with van der Waals surface area (Å²) in [4.78, 5) is 11.6. The summed E-state index contributed by atoms with van der Waals surface area (Å²) in [6.07, 6.45) is 10.1. The second-order valence-corrected chi connectivity index (χ2v) is 6.25. The van der Waals surface area contributed by atoms with Gasteiger partial charge in [0.05, 0.1) is 5.54 Å². The van der Waals surface area contributed by atoms with Crippen LogP contribution in [0.2, 0.25) is 0 Å². The van der Waals surface area contributed by atoms with E-state index in [1.165, 1.54) is 32.1 Å². The fraction of sp³-hybridized carbons (Fsp3) is 0.938. The highest BCUT2D eigenvalue weighted by Gasteiger charge is 2.36. The molecule has 3 N–H and O–H groups in total. The summed E-state index contributed by atoms with van der Waals surface area (Å²) in [5.41, 5.74) is 4.98. The van der Waals surface area contributed by atoms with Crippen LogP contribution >= 0.6 is 0 Å². The van der Waals surface area contributed by atoms with Crippen molar-refractivity contribution in [3.05, 3.63) is 0 Å². The highest BCUT2D eigenvalue weighted by Crippen LogP contribution is 2.25. The standard InChI is InChI=1S/C16H32N2O2/c1-3-4-5-7-12-20-13-8-6-11-16(2,15(17)19)18-14-9-10-14/h14,18H,3-13H2,1-2H3,(H2,17,19). The monoisotopic (exact) mass is 284 g/mol. The molecule has 0 spiro atoms. The van der Waals surface area contributed by atoms with E-state index in [0.29, 0.717) is 6.04 Å². The predicted molar refractivity (Wildman–Crippen MR) is 82.6 cm³/mol. The van der Waals surface area contributed by atoms with Crippen LogP contribution in [-0.4, -0.2) is 30.7 Å². The van der Waals surface area contributed by atoms with Crippen LogP contribution in [-0.2, 0) is 9.53 Å². The number of carbonyl (C=O) groups is 1. The number of amides is 1. The van der Waals surface area contributed by atoms with Crippen molar-refractivity contribution in [3.8, 4) is 0 Å². The second-order valence-electron chi connectivity index (χ2n) is 6.25. The van der Waals surface area contributed by atoms with Crippen molar-refractivity contribution >= 4 is 5.91 Å². The lowest BCUT2D eigenvalue weighted by Gasteiger charge is -2.27. The Hall–Kier alpha value is -0.610. The average Bonchev–Trinajstić information content (AvgIpc) is 3.20. The van der Waals surface area contributed by atoms with Crippen molar-refractivity contribution in [3.63, 3.8) is 0 Å². The number of ether oxygens (including phenoxy) is 1. The Kier molecular flexibility index (Phi) is 8.15. The minimum absolute atomic E-state index is 0.232. The molecule has 118 valence electrons. The molecule has 1 amide bonds. The van der Waals surface area contributed by atoms with Crippen molar-refractivity contribution in [1.29, 1.82) is 0 Å². The molecular formula is C16H32N2O2. The van der Waals surface area contributed by atoms with Gasteiger partial charge in [-0.15, -0.1) is 0 Å². The summed E-state index contributed by atoms with van der Waals surface area (Å²) in [6.45, 7) is 5.81. The van der Waals surface area contributed by atoms with Gasteiger partial charge in [0.2, 0.25) is 5.91 Å². The Morgan fingerprint density at radius 1 is 1.20 bits per heavy atom. The molecule has 0 radical (unpaired) electrons. The van der Waals surface area contributed by atoms with E-state index >= 15 is 0 Å². The predicted octanol–water partition coefficient (Wildman–Crippen LogP) is 2.75. The van der Waals surface area contributed by atoms with Gasteiger partial charge in [-0.2, -0.15) is 0 Å². The molecule has 1 unspecified atom stereocenters. The number of primary amides is 1. The third-order valence-corrected chi connectivity index (χ3v) is 4.00. The molecule has 0 bridgehead atoms. The zero-order valence-corrected chi connectivity index (χ0v) is 13.2. The minimum atomic E-state index is -0.539. The Balaban J connectivity index is 2.01. The fourth-order valence-corrected chi connectivity index (χ4v) is 2.36. The van der Waals surface area contributed by atoms with E-state index in [4.69, 9.17) is 10.5 Å². The number of nitrogens with one attached hydrogen (secondary N) is 1. The Morgan fingerprint density at radius 3 is 2.40 bits per heavy atom. The van der Waals surface area contributed by atoms with E-state index in [2.05, 4.69) is 12.2 Å². The number of carbonyl (C=O) groups excluding carboxylic acids is 1. The summed E-state index contributed by atoms with van der Waals surface area (Å²) in [5, 5.41) is 3.38. The van der Waals surface area contributed by atoms with Gasteiger partial charge in [-0.25, -0.2) is 0 Å². The summed E-state index contributed by atoms with van der Waals surface area (Å²) in [7, 11) is 0. The number of rotatable bonds is 13. The van der Waals surface area contributed by atoms with E-state index in [9.17, 15) is 4.79 Å². The number of unbranched alkanes of at least 4 members (excludes halogenated alkanes) is 4. The first-order valence-corrected chi connectivity index (χ1v) is 8.24. The summed E-state index contributed by atoms with van der Waals surface area (Å²) in [6, 6.07) is 0.502. The molecule has 20 heavy (non-hydrogen) atoms. The Bertz CT molecular complexity index is 280. The minimum Gasteiger partial charge on any atom is -0.381 e.